The molecule has 0 aliphatic carbocycles. The van der Waals surface area contributed by atoms with Crippen LogP contribution in [0.2, 0.25) is 0 Å². The molecule has 2 heterocycles. The molecule has 1 aliphatic rings. The normalized spacial score (nSPS) is 15.9. The van der Waals surface area contributed by atoms with Crippen molar-refractivity contribution in [2.24, 2.45) is 0 Å². The molecule has 1 aliphatic heterocycles. The largest absolute Gasteiger partial charge is 0.442 e. The third-order valence-electron chi connectivity index (χ3n) is 4.13. The van der Waals surface area contributed by atoms with Crippen molar-refractivity contribution in [2.45, 2.75) is 13.0 Å². The lowest BCUT2D eigenvalue weighted by Gasteiger charge is -2.15. The van der Waals surface area contributed by atoms with Crippen LogP contribution in [0.4, 0.5) is 26.4 Å². The van der Waals surface area contributed by atoms with Crippen molar-refractivity contribution >= 4 is 40.5 Å². The van der Waals surface area contributed by atoms with Crippen molar-refractivity contribution in [2.75, 3.05) is 41.7 Å². The summed E-state index contributed by atoms with van der Waals surface area (Å²) in [4.78, 5) is 18.3. The molecule has 1 aromatic heterocycles. The highest BCUT2D eigenvalue weighted by molar-refractivity contribution is 7.80. The molecule has 1 fully saturated rings. The van der Waals surface area contributed by atoms with Crippen LogP contribution in [-0.4, -0.2) is 48.3 Å². The lowest BCUT2D eigenvalue weighted by Crippen LogP contribution is -2.32. The van der Waals surface area contributed by atoms with E-state index in [1.165, 1.54) is 11.0 Å². The molecule has 0 spiro atoms. The van der Waals surface area contributed by atoms with Crippen LogP contribution in [0.15, 0.2) is 42.6 Å². The van der Waals surface area contributed by atoms with E-state index in [9.17, 15) is 9.18 Å². The molecule has 1 amide bonds. The molecule has 0 unspecified atom stereocenters. The van der Waals surface area contributed by atoms with Crippen molar-refractivity contribution in [3.63, 3.8) is 0 Å². The Hall–Kier alpha value is -2.94. The molecule has 2 aromatic rings. The second kappa shape index (κ2) is 9.32. The van der Waals surface area contributed by atoms with Crippen LogP contribution in [0, 0.1) is 5.82 Å². The van der Waals surface area contributed by atoms with Crippen LogP contribution in [0.3, 0.4) is 0 Å². The molecule has 28 heavy (non-hydrogen) atoms. The summed E-state index contributed by atoms with van der Waals surface area (Å²) in [7, 11) is 0. The highest BCUT2D eigenvalue weighted by Gasteiger charge is 2.32. The first-order valence-electron chi connectivity index (χ1n) is 8.94. The van der Waals surface area contributed by atoms with Crippen LogP contribution in [-0.2, 0) is 4.74 Å². The molecule has 1 atom stereocenters. The molecule has 148 valence electrons. The zero-order valence-electron chi connectivity index (χ0n) is 15.4. The Kier molecular flexibility index (Phi) is 6.59. The summed E-state index contributed by atoms with van der Waals surface area (Å²) >= 11 is 4.96. The molecular weight excluding hydrogens is 381 g/mol. The fourth-order valence-electron chi connectivity index (χ4n) is 2.77. The van der Waals surface area contributed by atoms with Gasteiger partial charge in [0.2, 0.25) is 0 Å². The predicted molar refractivity (Wildman–Crippen MR) is 112 cm³/mol. The number of cyclic esters (lactones) is 1. The van der Waals surface area contributed by atoms with Gasteiger partial charge in [0.15, 0.2) is 0 Å². The standard InChI is InChI=1S/C19H22FN5O2S/c1-13(28)24-11-15-12-25(19(26)27-15)14-5-6-17(16(20)10-14)21-8-9-23-18-4-2-3-7-22-18/h2-7,10,15,21H,8-9,11-12H2,1H3,(H,22,23)(H,24,28)/t15-/m0/s1. The average Bonchev–Trinajstić information content (AvgIpc) is 3.06. The molecule has 7 nitrogen and oxygen atoms in total. The van der Waals surface area contributed by atoms with E-state index in [2.05, 4.69) is 20.9 Å². The monoisotopic (exact) mass is 403 g/mol. The van der Waals surface area contributed by atoms with Crippen molar-refractivity contribution in [1.29, 1.82) is 0 Å². The maximum Gasteiger partial charge on any atom is 0.414 e. The summed E-state index contributed by atoms with van der Waals surface area (Å²) in [5.41, 5.74) is 0.829. The molecule has 0 saturated carbocycles. The minimum absolute atomic E-state index is 0.330. The highest BCUT2D eigenvalue weighted by Crippen LogP contribution is 2.25. The molecule has 1 saturated heterocycles. The number of amides is 1. The van der Waals surface area contributed by atoms with Gasteiger partial charge in [-0.15, -0.1) is 0 Å². The maximum absolute atomic E-state index is 14.4. The maximum atomic E-state index is 14.4. The van der Waals surface area contributed by atoms with E-state index in [0.717, 1.165) is 5.82 Å². The lowest BCUT2D eigenvalue weighted by molar-refractivity contribution is 0.143. The van der Waals surface area contributed by atoms with Gasteiger partial charge in [-0.1, -0.05) is 18.3 Å². The molecule has 1 aromatic carbocycles. The van der Waals surface area contributed by atoms with Crippen molar-refractivity contribution in [3.8, 4) is 0 Å². The van der Waals surface area contributed by atoms with Gasteiger partial charge in [-0.05, 0) is 37.3 Å². The Morgan fingerprint density at radius 1 is 1.32 bits per heavy atom. The Morgan fingerprint density at radius 3 is 2.86 bits per heavy atom. The number of halogens is 1. The van der Waals surface area contributed by atoms with Gasteiger partial charge in [0.05, 0.1) is 29.5 Å². The van der Waals surface area contributed by atoms with Gasteiger partial charge in [-0.2, -0.15) is 0 Å². The van der Waals surface area contributed by atoms with Gasteiger partial charge in [-0.3, -0.25) is 4.90 Å². The Bertz CT molecular complexity index is 836. The van der Waals surface area contributed by atoms with Gasteiger partial charge in [0.25, 0.3) is 0 Å². The van der Waals surface area contributed by atoms with Crippen molar-refractivity contribution in [1.82, 2.24) is 10.3 Å². The Balaban J connectivity index is 1.52. The van der Waals surface area contributed by atoms with Gasteiger partial charge >= 0.3 is 6.09 Å². The van der Waals surface area contributed by atoms with E-state index in [-0.39, 0.29) is 6.10 Å². The lowest BCUT2D eigenvalue weighted by atomic mass is 10.2. The van der Waals surface area contributed by atoms with Crippen molar-refractivity contribution < 1.29 is 13.9 Å². The van der Waals surface area contributed by atoms with E-state index >= 15 is 0 Å². The summed E-state index contributed by atoms with van der Waals surface area (Å²) in [5, 5.41) is 9.14. The van der Waals surface area contributed by atoms with Gasteiger partial charge in [-0.25, -0.2) is 14.2 Å². The van der Waals surface area contributed by atoms with Crippen LogP contribution >= 0.6 is 12.2 Å². The minimum atomic E-state index is -0.492. The number of thiocarbonyl (C=S) groups is 1. The second-order valence-electron chi connectivity index (χ2n) is 6.29. The van der Waals surface area contributed by atoms with Crippen LogP contribution in [0.25, 0.3) is 0 Å². The number of nitrogens with zero attached hydrogens (tertiary/aromatic N) is 2. The number of ether oxygens (including phenoxy) is 1. The first-order valence-corrected chi connectivity index (χ1v) is 9.34. The molecule has 0 bridgehead atoms. The number of carbonyl (C=O) groups is 1. The summed E-state index contributed by atoms with van der Waals surface area (Å²) in [6, 6.07) is 10.2. The zero-order chi connectivity index (χ0) is 19.9. The number of nitrogens with one attached hydrogen (secondary N) is 3. The number of aromatic nitrogens is 1. The number of anilines is 3. The number of hydrogen-bond donors (Lipinski definition) is 3. The van der Waals surface area contributed by atoms with E-state index in [0.29, 0.717) is 42.5 Å². The van der Waals surface area contributed by atoms with E-state index in [1.807, 2.05) is 18.2 Å². The second-order valence-corrected chi connectivity index (χ2v) is 6.90. The summed E-state index contributed by atoms with van der Waals surface area (Å²) in [6.45, 7) is 3.64. The third kappa shape index (κ3) is 5.29. The third-order valence-corrected chi connectivity index (χ3v) is 4.27. The highest BCUT2D eigenvalue weighted by atomic mass is 32.1. The number of carbonyl (C=O) groups excluding carboxylic acids is 1. The molecule has 3 N–H and O–H groups in total. The van der Waals surface area contributed by atoms with Gasteiger partial charge < -0.3 is 20.7 Å². The number of rotatable bonds is 8. The molecule has 9 heteroatoms. The SMILES string of the molecule is CC(=S)NC[C@H]1CN(c2ccc(NCCNc3ccccn3)c(F)c2)C(=O)O1. The zero-order valence-corrected chi connectivity index (χ0v) is 16.3. The van der Waals surface area contributed by atoms with Crippen LogP contribution in [0.1, 0.15) is 6.92 Å². The quantitative estimate of drug-likeness (QED) is 0.462. The number of pyridine rings is 1. The van der Waals surface area contributed by atoms with Gasteiger partial charge in [0.1, 0.15) is 17.7 Å². The topological polar surface area (TPSA) is 78.5 Å². The van der Waals surface area contributed by atoms with Crippen LogP contribution < -0.4 is 20.9 Å². The molecule has 0 radical (unpaired) electrons. The fourth-order valence-corrected chi connectivity index (χ4v) is 2.85. The minimum Gasteiger partial charge on any atom is -0.442 e. The van der Waals surface area contributed by atoms with Crippen LogP contribution in [0.5, 0.6) is 0 Å². The Morgan fingerprint density at radius 2 is 2.14 bits per heavy atom. The first-order chi connectivity index (χ1) is 13.5. The van der Waals surface area contributed by atoms with Gasteiger partial charge in [0, 0.05) is 19.3 Å². The smallest absolute Gasteiger partial charge is 0.414 e. The van der Waals surface area contributed by atoms with E-state index in [1.54, 1.807) is 25.3 Å². The summed E-state index contributed by atoms with van der Waals surface area (Å²) in [6.07, 6.45) is 0.881. The summed E-state index contributed by atoms with van der Waals surface area (Å²) in [5.74, 6) is 0.333. The fraction of sp³-hybridized carbons (Fsp3) is 0.316. The molecule has 3 rings (SSSR count). The predicted octanol–water partition coefficient (Wildman–Crippen LogP) is 3.01. The number of benzene rings is 1. The van der Waals surface area contributed by atoms with E-state index in [4.69, 9.17) is 17.0 Å². The number of hydrogen-bond acceptors (Lipinski definition) is 6. The molecular formula is C19H22FN5O2S. The van der Waals surface area contributed by atoms with Crippen molar-refractivity contribution in [3.05, 3.63) is 48.4 Å². The van der Waals surface area contributed by atoms with E-state index < -0.39 is 11.9 Å². The summed E-state index contributed by atoms with van der Waals surface area (Å²) < 4.78 is 19.7. The first kappa shape index (κ1) is 19.8. The average molecular weight is 403 g/mol. The Labute approximate surface area is 168 Å².